The lowest BCUT2D eigenvalue weighted by atomic mass is 9.77. The Morgan fingerprint density at radius 1 is 1.19 bits per heavy atom. The summed E-state index contributed by atoms with van der Waals surface area (Å²) in [6, 6.07) is 10.8. The Bertz CT molecular complexity index is 613. The van der Waals surface area contributed by atoms with Crippen LogP contribution in [-0.4, -0.2) is 4.98 Å². The molecule has 0 saturated heterocycles. The topological polar surface area (TPSA) is 50.9 Å². The Morgan fingerprint density at radius 2 is 1.90 bits per heavy atom. The third kappa shape index (κ3) is 3.80. The van der Waals surface area contributed by atoms with E-state index >= 15 is 0 Å². The summed E-state index contributed by atoms with van der Waals surface area (Å²) in [4.78, 5) is 4.55. The molecule has 0 saturated carbocycles. The van der Waals surface area contributed by atoms with Gasteiger partial charge >= 0.3 is 0 Å². The summed E-state index contributed by atoms with van der Waals surface area (Å²) in [5.74, 6) is 6.37. The van der Waals surface area contributed by atoms with Gasteiger partial charge in [-0.3, -0.25) is 16.3 Å². The Balaban J connectivity index is 2.28. The van der Waals surface area contributed by atoms with Crippen LogP contribution in [0.3, 0.4) is 0 Å². The van der Waals surface area contributed by atoms with Crippen LogP contribution in [0.4, 0.5) is 0 Å². The van der Waals surface area contributed by atoms with Crippen LogP contribution in [0, 0.1) is 18.3 Å². The molecular formula is C18H27N3. The zero-order valence-electron chi connectivity index (χ0n) is 13.8. The fraction of sp³-hybridized carbons (Fsp3) is 0.500. The molecule has 2 atom stereocenters. The van der Waals surface area contributed by atoms with E-state index in [1.165, 1.54) is 10.9 Å². The van der Waals surface area contributed by atoms with Crippen molar-refractivity contribution in [2.75, 3.05) is 0 Å². The highest BCUT2D eigenvalue weighted by molar-refractivity contribution is 5.79. The lowest BCUT2D eigenvalue weighted by molar-refractivity contribution is 0.223. The molecule has 3 heteroatoms. The quantitative estimate of drug-likeness (QED) is 0.656. The number of rotatable bonds is 4. The number of hydrogen-bond acceptors (Lipinski definition) is 3. The van der Waals surface area contributed by atoms with E-state index in [1.807, 2.05) is 6.92 Å². The number of hydrazine groups is 1. The molecule has 0 radical (unpaired) electrons. The van der Waals surface area contributed by atoms with Gasteiger partial charge in [-0.05, 0) is 48.4 Å². The predicted octanol–water partition coefficient (Wildman–Crippen LogP) is 4.12. The van der Waals surface area contributed by atoms with E-state index in [0.717, 1.165) is 17.6 Å². The van der Waals surface area contributed by atoms with Crippen molar-refractivity contribution in [1.29, 1.82) is 0 Å². The van der Waals surface area contributed by atoms with Crippen LogP contribution in [-0.2, 0) is 0 Å². The SMILES string of the molecule is Cc1ccc2cc(C(CC(C)C(C)(C)C)NN)ccc2n1. The number of nitrogens with one attached hydrogen (secondary N) is 1. The normalized spacial score (nSPS) is 15.1. The highest BCUT2D eigenvalue weighted by Gasteiger charge is 2.24. The second-order valence-electron chi connectivity index (χ2n) is 7.13. The fourth-order valence-corrected chi connectivity index (χ4v) is 2.47. The van der Waals surface area contributed by atoms with Crippen molar-refractivity contribution in [3.05, 3.63) is 41.6 Å². The van der Waals surface area contributed by atoms with Crippen molar-refractivity contribution in [3.63, 3.8) is 0 Å². The number of pyridine rings is 1. The van der Waals surface area contributed by atoms with E-state index in [9.17, 15) is 0 Å². The Kier molecular flexibility index (Phi) is 4.64. The van der Waals surface area contributed by atoms with Gasteiger partial charge in [0.05, 0.1) is 5.52 Å². The maximum Gasteiger partial charge on any atom is 0.0705 e. The average molecular weight is 285 g/mol. The number of aromatic nitrogens is 1. The van der Waals surface area contributed by atoms with Crippen molar-refractivity contribution in [2.24, 2.45) is 17.2 Å². The van der Waals surface area contributed by atoms with E-state index in [4.69, 9.17) is 5.84 Å². The predicted molar refractivity (Wildman–Crippen MR) is 89.8 cm³/mol. The van der Waals surface area contributed by atoms with Crippen LogP contribution in [0.2, 0.25) is 0 Å². The van der Waals surface area contributed by atoms with Crippen LogP contribution in [0.5, 0.6) is 0 Å². The van der Waals surface area contributed by atoms with E-state index in [0.29, 0.717) is 5.92 Å². The molecule has 3 nitrogen and oxygen atoms in total. The molecule has 1 aromatic heterocycles. The summed E-state index contributed by atoms with van der Waals surface area (Å²) >= 11 is 0. The summed E-state index contributed by atoms with van der Waals surface area (Å²) in [6.07, 6.45) is 1.02. The average Bonchev–Trinajstić information content (AvgIpc) is 2.42. The Hall–Kier alpha value is -1.45. The van der Waals surface area contributed by atoms with Gasteiger partial charge in [0.15, 0.2) is 0 Å². The molecule has 2 rings (SSSR count). The molecule has 0 fully saturated rings. The largest absolute Gasteiger partial charge is 0.271 e. The first-order chi connectivity index (χ1) is 9.81. The Morgan fingerprint density at radius 3 is 2.52 bits per heavy atom. The zero-order valence-corrected chi connectivity index (χ0v) is 13.8. The van der Waals surface area contributed by atoms with Crippen LogP contribution in [0.15, 0.2) is 30.3 Å². The summed E-state index contributed by atoms with van der Waals surface area (Å²) in [5.41, 5.74) is 6.57. The molecule has 0 aliphatic rings. The molecule has 0 bridgehead atoms. The number of fused-ring (bicyclic) bond motifs is 1. The zero-order chi connectivity index (χ0) is 15.6. The third-order valence-electron chi connectivity index (χ3n) is 4.52. The maximum atomic E-state index is 5.80. The molecule has 0 aliphatic heterocycles. The minimum atomic E-state index is 0.171. The maximum absolute atomic E-state index is 5.80. The molecule has 21 heavy (non-hydrogen) atoms. The van der Waals surface area contributed by atoms with Gasteiger partial charge < -0.3 is 0 Å². The molecule has 1 aromatic carbocycles. The van der Waals surface area contributed by atoms with Crippen molar-refractivity contribution in [2.45, 2.75) is 47.1 Å². The summed E-state index contributed by atoms with van der Waals surface area (Å²) < 4.78 is 0. The van der Waals surface area contributed by atoms with Gasteiger partial charge in [-0.15, -0.1) is 0 Å². The molecule has 1 heterocycles. The number of benzene rings is 1. The lowest BCUT2D eigenvalue weighted by Gasteiger charge is -2.30. The van der Waals surface area contributed by atoms with Gasteiger partial charge in [0.1, 0.15) is 0 Å². The van der Waals surface area contributed by atoms with Gasteiger partial charge in [-0.1, -0.05) is 39.8 Å². The second-order valence-corrected chi connectivity index (χ2v) is 7.13. The first kappa shape index (κ1) is 15.9. The van der Waals surface area contributed by atoms with E-state index in [2.05, 4.69) is 68.4 Å². The van der Waals surface area contributed by atoms with Crippen molar-refractivity contribution >= 4 is 10.9 Å². The van der Waals surface area contributed by atoms with Crippen LogP contribution in [0.25, 0.3) is 10.9 Å². The number of hydrogen-bond donors (Lipinski definition) is 2. The fourth-order valence-electron chi connectivity index (χ4n) is 2.47. The minimum absolute atomic E-state index is 0.171. The molecule has 0 spiro atoms. The number of aryl methyl sites for hydroxylation is 1. The summed E-state index contributed by atoms with van der Waals surface area (Å²) in [5, 5.41) is 1.17. The number of nitrogens with two attached hydrogens (primary N) is 1. The highest BCUT2D eigenvalue weighted by Crippen LogP contribution is 2.33. The van der Waals surface area contributed by atoms with E-state index in [1.54, 1.807) is 0 Å². The molecule has 3 N–H and O–H groups in total. The molecule has 114 valence electrons. The van der Waals surface area contributed by atoms with Gasteiger partial charge in [0.25, 0.3) is 0 Å². The standard InChI is InChI=1S/C18H27N3/c1-12(18(3,4)5)10-17(21-19)15-8-9-16-14(11-15)7-6-13(2)20-16/h6-9,11-12,17,21H,10,19H2,1-5H3. The minimum Gasteiger partial charge on any atom is -0.271 e. The molecule has 0 aliphatic carbocycles. The molecule has 2 aromatic rings. The Labute approximate surface area is 127 Å². The highest BCUT2D eigenvalue weighted by atomic mass is 15.2. The van der Waals surface area contributed by atoms with Gasteiger partial charge in [-0.2, -0.15) is 0 Å². The van der Waals surface area contributed by atoms with E-state index < -0.39 is 0 Å². The summed E-state index contributed by atoms with van der Waals surface area (Å²) in [6.45, 7) is 11.1. The van der Waals surface area contributed by atoms with Gasteiger partial charge in [0, 0.05) is 17.1 Å². The van der Waals surface area contributed by atoms with Crippen LogP contribution in [0.1, 0.15) is 51.4 Å². The van der Waals surface area contributed by atoms with Crippen molar-refractivity contribution in [1.82, 2.24) is 10.4 Å². The third-order valence-corrected chi connectivity index (χ3v) is 4.52. The van der Waals surface area contributed by atoms with Gasteiger partial charge in [0.2, 0.25) is 0 Å². The van der Waals surface area contributed by atoms with Crippen molar-refractivity contribution in [3.8, 4) is 0 Å². The van der Waals surface area contributed by atoms with E-state index in [-0.39, 0.29) is 11.5 Å². The molecular weight excluding hydrogens is 258 g/mol. The second kappa shape index (κ2) is 6.12. The van der Waals surface area contributed by atoms with Crippen LogP contribution < -0.4 is 11.3 Å². The monoisotopic (exact) mass is 285 g/mol. The summed E-state index contributed by atoms with van der Waals surface area (Å²) in [7, 11) is 0. The first-order valence-electron chi connectivity index (χ1n) is 7.64. The number of nitrogens with zero attached hydrogens (tertiary/aromatic N) is 1. The van der Waals surface area contributed by atoms with Crippen LogP contribution >= 0.6 is 0 Å². The van der Waals surface area contributed by atoms with Crippen molar-refractivity contribution < 1.29 is 0 Å². The molecule has 0 amide bonds. The molecule has 2 unspecified atom stereocenters. The lowest BCUT2D eigenvalue weighted by Crippen LogP contribution is -2.31. The van der Waals surface area contributed by atoms with Gasteiger partial charge in [-0.25, -0.2) is 0 Å². The smallest absolute Gasteiger partial charge is 0.0705 e. The first-order valence-corrected chi connectivity index (χ1v) is 7.64.